The molecule has 0 N–H and O–H groups in total. The van der Waals surface area contributed by atoms with Gasteiger partial charge in [0.05, 0.1) is 5.69 Å². The first-order chi connectivity index (χ1) is 9.15. The molecule has 2 nitrogen and oxygen atoms in total. The average molecular weight is 261 g/mol. The Balaban J connectivity index is 2.47. The van der Waals surface area contributed by atoms with E-state index in [2.05, 4.69) is 0 Å². The van der Waals surface area contributed by atoms with Crippen molar-refractivity contribution in [3.05, 3.63) is 59.7 Å². The molecule has 2 aromatic rings. The van der Waals surface area contributed by atoms with Crippen LogP contribution < -0.4 is 4.90 Å². The minimum atomic E-state index is -0.457. The van der Waals surface area contributed by atoms with E-state index in [4.69, 9.17) is 0 Å². The van der Waals surface area contributed by atoms with Crippen molar-refractivity contribution in [2.45, 2.75) is 6.92 Å². The fourth-order valence-electron chi connectivity index (χ4n) is 1.98. The minimum Gasteiger partial charge on any atom is -0.341 e. The summed E-state index contributed by atoms with van der Waals surface area (Å²) in [5.41, 5.74) is 1.62. The van der Waals surface area contributed by atoms with Crippen LogP contribution >= 0.6 is 0 Å². The number of anilines is 2. The van der Waals surface area contributed by atoms with Gasteiger partial charge in [0.25, 0.3) is 0 Å². The Morgan fingerprint density at radius 3 is 2.26 bits per heavy atom. The van der Waals surface area contributed by atoms with E-state index >= 15 is 0 Å². The van der Waals surface area contributed by atoms with Gasteiger partial charge in [-0.25, -0.2) is 8.78 Å². The van der Waals surface area contributed by atoms with Gasteiger partial charge in [-0.05, 0) is 49.4 Å². The van der Waals surface area contributed by atoms with Crippen molar-refractivity contribution >= 4 is 17.7 Å². The van der Waals surface area contributed by atoms with Gasteiger partial charge in [-0.1, -0.05) is 0 Å². The normalized spacial score (nSPS) is 10.3. The number of carbonyl (C=O) groups is 1. The highest BCUT2D eigenvalue weighted by Crippen LogP contribution is 2.28. The molecule has 0 aromatic heterocycles. The van der Waals surface area contributed by atoms with E-state index in [1.165, 1.54) is 24.3 Å². The third-order valence-electron chi connectivity index (χ3n) is 2.86. The van der Waals surface area contributed by atoms with Gasteiger partial charge in [-0.3, -0.25) is 4.79 Å². The van der Waals surface area contributed by atoms with E-state index in [0.29, 0.717) is 18.5 Å². The summed E-state index contributed by atoms with van der Waals surface area (Å²) in [6.45, 7) is 2.49. The predicted octanol–water partition coefficient (Wildman–Crippen LogP) is 3.94. The summed E-state index contributed by atoms with van der Waals surface area (Å²) in [6, 6.07) is 9.98. The van der Waals surface area contributed by atoms with Gasteiger partial charge in [0.2, 0.25) is 0 Å². The first-order valence-electron chi connectivity index (χ1n) is 5.93. The SMILES string of the molecule is CCN(c1ccc(F)cc1)c1ccc(F)cc1C=O. The lowest BCUT2D eigenvalue weighted by Gasteiger charge is -2.24. The highest BCUT2D eigenvalue weighted by atomic mass is 19.1. The van der Waals surface area contributed by atoms with Crippen LogP contribution in [0.15, 0.2) is 42.5 Å². The van der Waals surface area contributed by atoms with Gasteiger partial charge in [0, 0.05) is 17.8 Å². The number of carbonyl (C=O) groups excluding carboxylic acids is 1. The molecule has 98 valence electrons. The highest BCUT2D eigenvalue weighted by molar-refractivity contribution is 5.86. The van der Waals surface area contributed by atoms with E-state index in [1.807, 2.05) is 11.8 Å². The maximum atomic E-state index is 13.1. The zero-order valence-electron chi connectivity index (χ0n) is 10.4. The van der Waals surface area contributed by atoms with Crippen LogP contribution in [-0.4, -0.2) is 12.8 Å². The van der Waals surface area contributed by atoms with Crippen LogP contribution in [0.4, 0.5) is 20.2 Å². The van der Waals surface area contributed by atoms with Crippen molar-refractivity contribution in [2.24, 2.45) is 0 Å². The molecular weight excluding hydrogens is 248 g/mol. The molecule has 0 saturated heterocycles. The summed E-state index contributed by atoms with van der Waals surface area (Å²) in [6.07, 6.45) is 0.616. The molecule has 0 aliphatic heterocycles. The van der Waals surface area contributed by atoms with Crippen LogP contribution in [0.3, 0.4) is 0 Å². The number of nitrogens with zero attached hydrogens (tertiary/aromatic N) is 1. The molecule has 0 aliphatic carbocycles. The fourth-order valence-corrected chi connectivity index (χ4v) is 1.98. The molecule has 2 aromatic carbocycles. The van der Waals surface area contributed by atoms with E-state index < -0.39 is 5.82 Å². The second kappa shape index (κ2) is 5.61. The van der Waals surface area contributed by atoms with E-state index in [1.54, 1.807) is 18.2 Å². The van der Waals surface area contributed by atoms with Gasteiger partial charge in [-0.15, -0.1) is 0 Å². The van der Waals surface area contributed by atoms with E-state index in [0.717, 1.165) is 5.69 Å². The molecule has 0 saturated carbocycles. The lowest BCUT2D eigenvalue weighted by atomic mass is 10.1. The van der Waals surface area contributed by atoms with Crippen molar-refractivity contribution < 1.29 is 13.6 Å². The third kappa shape index (κ3) is 2.78. The van der Waals surface area contributed by atoms with E-state index in [-0.39, 0.29) is 11.4 Å². The Morgan fingerprint density at radius 1 is 1.05 bits per heavy atom. The minimum absolute atomic E-state index is 0.270. The van der Waals surface area contributed by atoms with Crippen molar-refractivity contribution in [3.8, 4) is 0 Å². The largest absolute Gasteiger partial charge is 0.341 e. The quantitative estimate of drug-likeness (QED) is 0.777. The Hall–Kier alpha value is -2.23. The number of rotatable bonds is 4. The van der Waals surface area contributed by atoms with Crippen molar-refractivity contribution in [3.63, 3.8) is 0 Å². The Kier molecular flexibility index (Phi) is 3.90. The molecule has 0 spiro atoms. The first kappa shape index (κ1) is 13.2. The summed E-state index contributed by atoms with van der Waals surface area (Å²) in [5, 5.41) is 0. The highest BCUT2D eigenvalue weighted by Gasteiger charge is 2.12. The molecule has 0 heterocycles. The van der Waals surface area contributed by atoms with Gasteiger partial charge in [0.1, 0.15) is 11.6 Å². The summed E-state index contributed by atoms with van der Waals surface area (Å²) >= 11 is 0. The lowest BCUT2D eigenvalue weighted by molar-refractivity contribution is 0.112. The molecule has 19 heavy (non-hydrogen) atoms. The smallest absolute Gasteiger partial charge is 0.152 e. The molecule has 0 fully saturated rings. The van der Waals surface area contributed by atoms with Crippen LogP contribution in [0, 0.1) is 11.6 Å². The molecular formula is C15H13F2NO. The standard InChI is InChI=1S/C15H13F2NO/c1-2-18(14-6-3-12(16)4-7-14)15-8-5-13(17)9-11(15)10-19/h3-10H,2H2,1H3. The van der Waals surface area contributed by atoms with Crippen molar-refractivity contribution in [1.82, 2.24) is 0 Å². The predicted molar refractivity (Wildman–Crippen MR) is 70.9 cm³/mol. The number of halogens is 2. The van der Waals surface area contributed by atoms with Gasteiger partial charge in [-0.2, -0.15) is 0 Å². The molecule has 0 atom stereocenters. The Morgan fingerprint density at radius 2 is 1.68 bits per heavy atom. The summed E-state index contributed by atoms with van der Waals surface area (Å²) in [4.78, 5) is 12.9. The third-order valence-corrected chi connectivity index (χ3v) is 2.86. The second-order valence-electron chi connectivity index (χ2n) is 4.04. The fraction of sp³-hybridized carbons (Fsp3) is 0.133. The van der Waals surface area contributed by atoms with Gasteiger partial charge < -0.3 is 4.90 Å². The summed E-state index contributed by atoms with van der Waals surface area (Å²) in [5.74, 6) is -0.782. The van der Waals surface area contributed by atoms with Crippen LogP contribution in [0.25, 0.3) is 0 Å². The maximum absolute atomic E-state index is 13.1. The number of hydrogen-bond donors (Lipinski definition) is 0. The van der Waals surface area contributed by atoms with Crippen LogP contribution in [0.2, 0.25) is 0 Å². The molecule has 0 unspecified atom stereocenters. The molecule has 2 rings (SSSR count). The van der Waals surface area contributed by atoms with Crippen LogP contribution in [-0.2, 0) is 0 Å². The lowest BCUT2D eigenvalue weighted by Crippen LogP contribution is -2.17. The molecule has 0 amide bonds. The van der Waals surface area contributed by atoms with Gasteiger partial charge >= 0.3 is 0 Å². The van der Waals surface area contributed by atoms with Crippen molar-refractivity contribution in [2.75, 3.05) is 11.4 Å². The van der Waals surface area contributed by atoms with Crippen LogP contribution in [0.1, 0.15) is 17.3 Å². The first-order valence-corrected chi connectivity index (χ1v) is 5.93. The maximum Gasteiger partial charge on any atom is 0.152 e. The summed E-state index contributed by atoms with van der Waals surface area (Å²) < 4.78 is 26.1. The molecule has 4 heteroatoms. The number of hydrogen-bond acceptors (Lipinski definition) is 2. The molecule has 0 aliphatic rings. The monoisotopic (exact) mass is 261 g/mol. The Labute approximate surface area is 110 Å². The van der Waals surface area contributed by atoms with E-state index in [9.17, 15) is 13.6 Å². The Bertz CT molecular complexity index is 581. The average Bonchev–Trinajstić information content (AvgIpc) is 2.43. The van der Waals surface area contributed by atoms with Crippen LogP contribution in [0.5, 0.6) is 0 Å². The number of benzene rings is 2. The molecule has 0 bridgehead atoms. The zero-order valence-corrected chi connectivity index (χ0v) is 10.4. The topological polar surface area (TPSA) is 20.3 Å². The molecule has 0 radical (unpaired) electrons. The zero-order chi connectivity index (χ0) is 13.8. The second-order valence-corrected chi connectivity index (χ2v) is 4.04. The van der Waals surface area contributed by atoms with Crippen molar-refractivity contribution in [1.29, 1.82) is 0 Å². The summed E-state index contributed by atoms with van der Waals surface area (Å²) in [7, 11) is 0. The number of aldehydes is 1. The van der Waals surface area contributed by atoms with Gasteiger partial charge in [0.15, 0.2) is 6.29 Å².